The second-order valence-electron chi connectivity index (χ2n) is 12.7. The number of nitrogens with zero attached hydrogens (tertiary/aromatic N) is 2. The summed E-state index contributed by atoms with van der Waals surface area (Å²) in [6.07, 6.45) is 3.58. The van der Waals surface area contributed by atoms with E-state index >= 15 is 0 Å². The number of benzene rings is 2. The van der Waals surface area contributed by atoms with Crippen molar-refractivity contribution in [2.24, 2.45) is 16.7 Å². The van der Waals surface area contributed by atoms with Crippen LogP contribution in [0.3, 0.4) is 0 Å². The van der Waals surface area contributed by atoms with Crippen LogP contribution in [0.2, 0.25) is 0 Å². The number of aromatic amines is 1. The molecule has 2 aromatic carbocycles. The van der Waals surface area contributed by atoms with Crippen molar-refractivity contribution in [3.05, 3.63) is 69.8 Å². The molecule has 9 nitrogen and oxygen atoms in total. The Balaban J connectivity index is 0.000000192. The van der Waals surface area contributed by atoms with Gasteiger partial charge in [0.1, 0.15) is 23.9 Å². The lowest BCUT2D eigenvalue weighted by Crippen LogP contribution is -2.61. The Bertz CT molecular complexity index is 1500. The Morgan fingerprint density at radius 2 is 1.73 bits per heavy atom. The Morgan fingerprint density at radius 1 is 1.09 bits per heavy atom. The van der Waals surface area contributed by atoms with Gasteiger partial charge < -0.3 is 29.8 Å². The minimum Gasteiger partial charge on any atom is -0.507 e. The van der Waals surface area contributed by atoms with E-state index < -0.39 is 0 Å². The van der Waals surface area contributed by atoms with Crippen molar-refractivity contribution in [3.63, 3.8) is 0 Å². The highest BCUT2D eigenvalue weighted by Gasteiger charge is 2.51. The number of pyridine rings is 1. The quantitative estimate of drug-likeness (QED) is 0.244. The number of aromatic hydroxyl groups is 1. The topological polar surface area (TPSA) is 128 Å². The van der Waals surface area contributed by atoms with Crippen LogP contribution in [0.4, 0.5) is 10.1 Å². The van der Waals surface area contributed by atoms with Crippen molar-refractivity contribution in [3.8, 4) is 11.8 Å². The molecule has 0 unspecified atom stereocenters. The number of methoxy groups -OCH3 is 2. The fourth-order valence-corrected chi connectivity index (χ4v) is 7.16. The number of aldehydes is 1. The normalized spacial score (nSPS) is 17.5. The molecule has 1 aliphatic heterocycles. The number of phenols is 1. The molecule has 10 heteroatoms. The number of rotatable bonds is 6. The van der Waals surface area contributed by atoms with Crippen LogP contribution < -0.4 is 15.8 Å². The summed E-state index contributed by atoms with van der Waals surface area (Å²) in [7, 11) is 5.34. The van der Waals surface area contributed by atoms with E-state index in [1.807, 2.05) is 11.0 Å². The number of carbonyl (C=O) groups is 1. The molecule has 1 aliphatic carbocycles. The standard InChI is InChI=1S/C15H20FNO3.C10H6N2O2.C9H19N/c1-19-15(20-2)12-5-7-17(8-6-12)14-4-3-11(10-18)9-13(14)16;11-5-6-1-3-8(13)7-2-4-9(14)12-10(6)7;1-8(2)6-9(3,4)7(8)10-5/h3-4,9-10,12,15H,5-8H2,1-2H3;1-4,13H,(H,12,14);7,10H,6H2,1-5H3. The first-order valence-electron chi connectivity index (χ1n) is 14.8. The summed E-state index contributed by atoms with van der Waals surface area (Å²) in [6, 6.07) is 12.9. The molecule has 3 N–H and O–H groups in total. The Kier molecular flexibility index (Phi) is 11.7. The minimum absolute atomic E-state index is 0.0512. The number of carbonyl (C=O) groups excluding carboxylic acids is 1. The second-order valence-corrected chi connectivity index (χ2v) is 12.7. The summed E-state index contributed by atoms with van der Waals surface area (Å²) in [4.78, 5) is 26.2. The maximum absolute atomic E-state index is 14.0. The van der Waals surface area contributed by atoms with Gasteiger partial charge in [-0.05, 0) is 73.5 Å². The summed E-state index contributed by atoms with van der Waals surface area (Å²) in [5.41, 5.74) is 2.37. The molecule has 0 atom stereocenters. The lowest BCUT2D eigenvalue weighted by Gasteiger charge is -2.57. The smallest absolute Gasteiger partial charge is 0.248 e. The van der Waals surface area contributed by atoms with Crippen molar-refractivity contribution in [1.82, 2.24) is 10.3 Å². The predicted molar refractivity (Wildman–Crippen MR) is 171 cm³/mol. The molecule has 1 saturated carbocycles. The molecule has 2 fully saturated rings. The van der Waals surface area contributed by atoms with E-state index in [1.165, 1.54) is 36.8 Å². The first kappa shape index (κ1) is 34.7. The van der Waals surface area contributed by atoms with Gasteiger partial charge in [-0.2, -0.15) is 5.26 Å². The zero-order valence-electron chi connectivity index (χ0n) is 26.7. The molecule has 5 rings (SSSR count). The number of H-pyrrole nitrogens is 1. The summed E-state index contributed by atoms with van der Waals surface area (Å²) in [5, 5.41) is 22.1. The van der Waals surface area contributed by atoms with Gasteiger partial charge in [0.25, 0.3) is 0 Å². The number of piperidine rings is 1. The molecule has 44 heavy (non-hydrogen) atoms. The summed E-state index contributed by atoms with van der Waals surface area (Å²) >= 11 is 0. The van der Waals surface area contributed by atoms with E-state index in [2.05, 4.69) is 45.0 Å². The van der Waals surface area contributed by atoms with Crippen molar-refractivity contribution >= 4 is 22.9 Å². The molecule has 3 aromatic rings. The van der Waals surface area contributed by atoms with Crippen LogP contribution >= 0.6 is 0 Å². The van der Waals surface area contributed by atoms with Gasteiger partial charge in [0.15, 0.2) is 6.29 Å². The van der Waals surface area contributed by atoms with E-state index in [1.54, 1.807) is 26.4 Å². The SMILES string of the molecule is CNC1C(C)(C)CC1(C)C.COC(OC)C1CCN(c2ccc(C=O)cc2F)CC1.N#Cc1ccc(O)c2ccc(=O)[nH]c12. The van der Waals surface area contributed by atoms with Crippen molar-refractivity contribution in [1.29, 1.82) is 5.26 Å². The number of fused-ring (bicyclic) bond motifs is 1. The zero-order chi connectivity index (χ0) is 32.7. The number of ether oxygens (including phenoxy) is 2. The molecular weight excluding hydrogens is 563 g/mol. The number of hydrogen-bond acceptors (Lipinski definition) is 8. The lowest BCUT2D eigenvalue weighted by atomic mass is 9.52. The highest BCUT2D eigenvalue weighted by Crippen LogP contribution is 2.53. The Morgan fingerprint density at radius 3 is 2.20 bits per heavy atom. The first-order chi connectivity index (χ1) is 20.8. The molecule has 2 aliphatic rings. The van der Waals surface area contributed by atoms with Crippen LogP contribution in [-0.2, 0) is 9.47 Å². The van der Waals surface area contributed by atoms with Crippen LogP contribution in [0.25, 0.3) is 10.9 Å². The van der Waals surface area contributed by atoms with Gasteiger partial charge in [-0.1, -0.05) is 27.7 Å². The largest absolute Gasteiger partial charge is 0.507 e. The monoisotopic (exact) mass is 608 g/mol. The highest BCUT2D eigenvalue weighted by molar-refractivity contribution is 5.89. The average Bonchev–Trinajstić information content (AvgIpc) is 2.98. The lowest BCUT2D eigenvalue weighted by molar-refractivity contribution is -0.141. The van der Waals surface area contributed by atoms with Gasteiger partial charge in [0, 0.05) is 56.3 Å². The Hall–Kier alpha value is -3.78. The third-order valence-electron chi connectivity index (χ3n) is 8.59. The minimum atomic E-state index is -0.344. The highest BCUT2D eigenvalue weighted by atomic mass is 19.1. The number of phenolic OH excluding ortho intramolecular Hbond substituents is 1. The van der Waals surface area contributed by atoms with Gasteiger partial charge in [-0.25, -0.2) is 4.39 Å². The molecule has 238 valence electrons. The van der Waals surface area contributed by atoms with Crippen LogP contribution in [0, 0.1) is 33.9 Å². The van der Waals surface area contributed by atoms with Crippen molar-refractivity contribution < 1.29 is 23.8 Å². The molecule has 0 amide bonds. The molecule has 1 saturated heterocycles. The Labute approximate surface area is 259 Å². The predicted octanol–water partition coefficient (Wildman–Crippen LogP) is 5.61. The fraction of sp³-hybridized carbons (Fsp3) is 0.500. The average molecular weight is 609 g/mol. The number of aromatic nitrogens is 1. The number of hydrogen-bond donors (Lipinski definition) is 3. The maximum Gasteiger partial charge on any atom is 0.248 e. The van der Waals surface area contributed by atoms with Gasteiger partial charge in [0.2, 0.25) is 5.56 Å². The third-order valence-corrected chi connectivity index (χ3v) is 8.59. The van der Waals surface area contributed by atoms with E-state index in [9.17, 15) is 19.1 Å². The maximum atomic E-state index is 14.0. The number of nitriles is 1. The number of anilines is 1. The molecule has 0 radical (unpaired) electrons. The first-order valence-corrected chi connectivity index (χ1v) is 14.8. The molecule has 2 heterocycles. The molecule has 0 spiro atoms. The van der Waals surface area contributed by atoms with E-state index in [0.29, 0.717) is 56.8 Å². The molecule has 1 aromatic heterocycles. The van der Waals surface area contributed by atoms with Gasteiger partial charge >= 0.3 is 0 Å². The zero-order valence-corrected chi connectivity index (χ0v) is 26.7. The van der Waals surface area contributed by atoms with Gasteiger partial charge in [-0.3, -0.25) is 9.59 Å². The molecular formula is C34H45FN4O5. The van der Waals surface area contributed by atoms with Gasteiger partial charge in [-0.15, -0.1) is 0 Å². The van der Waals surface area contributed by atoms with Crippen molar-refractivity contribution in [2.45, 2.75) is 59.3 Å². The summed E-state index contributed by atoms with van der Waals surface area (Å²) in [6.45, 7) is 10.8. The number of halogens is 1. The van der Waals surface area contributed by atoms with Crippen LogP contribution in [-0.4, -0.2) is 63.1 Å². The van der Waals surface area contributed by atoms with Gasteiger partial charge in [0.05, 0.1) is 16.8 Å². The van der Waals surface area contributed by atoms with Crippen molar-refractivity contribution in [2.75, 3.05) is 39.3 Å². The number of nitrogens with one attached hydrogen (secondary N) is 2. The van der Waals surface area contributed by atoms with E-state index in [4.69, 9.17) is 14.7 Å². The fourth-order valence-electron chi connectivity index (χ4n) is 7.16. The van der Waals surface area contributed by atoms with E-state index in [0.717, 1.165) is 25.9 Å². The van der Waals surface area contributed by atoms with Crippen LogP contribution in [0.1, 0.15) is 62.9 Å². The van der Waals surface area contributed by atoms with Crippen LogP contribution in [0.15, 0.2) is 47.3 Å². The van der Waals surface area contributed by atoms with Crippen LogP contribution in [0.5, 0.6) is 5.75 Å². The molecule has 0 bridgehead atoms. The third kappa shape index (κ3) is 8.03. The summed E-state index contributed by atoms with van der Waals surface area (Å²) in [5.74, 6) is 0.0388. The van der Waals surface area contributed by atoms with E-state index in [-0.39, 0.29) is 23.4 Å². The summed E-state index contributed by atoms with van der Waals surface area (Å²) < 4.78 is 24.5. The second kappa shape index (κ2) is 14.8.